The van der Waals surface area contributed by atoms with Crippen molar-refractivity contribution in [1.82, 2.24) is 9.55 Å². The second-order valence-corrected chi connectivity index (χ2v) is 5.64. The van der Waals surface area contributed by atoms with E-state index >= 15 is 0 Å². The lowest BCUT2D eigenvalue weighted by molar-refractivity contribution is 0.315. The van der Waals surface area contributed by atoms with Crippen LogP contribution >= 0.6 is 11.6 Å². The standard InChI is InChI=1S/C18H16ClN3O/c19-16-8-6-14(7-9-16)12-17(22-11-10-20-13-22)18(21-23)15-4-2-1-3-5-15/h1-11,13,17,23H,12H2/b21-18+. The summed E-state index contributed by atoms with van der Waals surface area (Å²) < 4.78 is 1.94. The van der Waals surface area contributed by atoms with E-state index < -0.39 is 0 Å². The molecule has 2 aromatic carbocycles. The maximum absolute atomic E-state index is 9.60. The molecular weight excluding hydrogens is 310 g/mol. The zero-order chi connectivity index (χ0) is 16.1. The maximum Gasteiger partial charge on any atom is 0.110 e. The Hall–Kier alpha value is -2.59. The molecule has 0 spiro atoms. The molecule has 3 aromatic rings. The van der Waals surface area contributed by atoms with Gasteiger partial charge in [0, 0.05) is 23.0 Å². The normalized spacial score (nSPS) is 13.0. The highest BCUT2D eigenvalue weighted by Gasteiger charge is 2.20. The summed E-state index contributed by atoms with van der Waals surface area (Å²) in [6.07, 6.45) is 5.99. The van der Waals surface area contributed by atoms with Gasteiger partial charge in [0.05, 0.1) is 12.4 Å². The Bertz CT molecular complexity index is 768. The van der Waals surface area contributed by atoms with Crippen molar-refractivity contribution in [2.75, 3.05) is 0 Å². The Morgan fingerprint density at radius 3 is 2.48 bits per heavy atom. The Morgan fingerprint density at radius 1 is 1.13 bits per heavy atom. The van der Waals surface area contributed by atoms with Crippen molar-refractivity contribution in [2.24, 2.45) is 5.16 Å². The maximum atomic E-state index is 9.60. The van der Waals surface area contributed by atoms with Gasteiger partial charge in [-0.05, 0) is 24.1 Å². The summed E-state index contributed by atoms with van der Waals surface area (Å²) in [6.45, 7) is 0. The molecule has 23 heavy (non-hydrogen) atoms. The highest BCUT2D eigenvalue weighted by Crippen LogP contribution is 2.22. The van der Waals surface area contributed by atoms with E-state index in [2.05, 4.69) is 10.1 Å². The molecule has 5 heteroatoms. The lowest BCUT2D eigenvalue weighted by Gasteiger charge is -2.20. The molecule has 116 valence electrons. The molecule has 0 bridgehead atoms. The first-order valence-corrected chi connectivity index (χ1v) is 7.65. The van der Waals surface area contributed by atoms with E-state index in [9.17, 15) is 5.21 Å². The third-order valence-corrected chi connectivity index (χ3v) is 3.97. The van der Waals surface area contributed by atoms with E-state index in [1.165, 1.54) is 0 Å². The number of halogens is 1. The summed E-state index contributed by atoms with van der Waals surface area (Å²) in [5, 5.41) is 13.9. The van der Waals surface area contributed by atoms with Crippen molar-refractivity contribution >= 4 is 17.3 Å². The molecule has 1 atom stereocenters. The van der Waals surface area contributed by atoms with Gasteiger partial charge < -0.3 is 9.77 Å². The molecule has 0 aliphatic carbocycles. The number of nitrogens with zero attached hydrogens (tertiary/aromatic N) is 3. The first-order chi connectivity index (χ1) is 11.3. The van der Waals surface area contributed by atoms with Gasteiger partial charge in [-0.3, -0.25) is 0 Å². The SMILES string of the molecule is O/N=C(\c1ccccc1)C(Cc1ccc(Cl)cc1)n1ccnc1. The number of oxime groups is 1. The number of aromatic nitrogens is 2. The average Bonchev–Trinajstić information content (AvgIpc) is 3.12. The zero-order valence-electron chi connectivity index (χ0n) is 12.4. The van der Waals surface area contributed by atoms with Crippen LogP contribution < -0.4 is 0 Å². The molecular formula is C18H16ClN3O. The highest BCUT2D eigenvalue weighted by atomic mass is 35.5. The molecule has 0 amide bonds. The molecule has 0 saturated heterocycles. The van der Waals surface area contributed by atoms with Gasteiger partial charge in [0.25, 0.3) is 0 Å². The summed E-state index contributed by atoms with van der Waals surface area (Å²) in [6, 6.07) is 17.2. The molecule has 0 fully saturated rings. The van der Waals surface area contributed by atoms with Gasteiger partial charge in [0.2, 0.25) is 0 Å². The molecule has 1 N–H and O–H groups in total. The first-order valence-electron chi connectivity index (χ1n) is 7.27. The second kappa shape index (κ2) is 7.11. The number of hydrogen-bond donors (Lipinski definition) is 1. The predicted octanol–water partition coefficient (Wildman–Crippen LogP) is 4.20. The lowest BCUT2D eigenvalue weighted by Crippen LogP contribution is -2.22. The van der Waals surface area contributed by atoms with E-state index in [4.69, 9.17) is 11.6 Å². The van der Waals surface area contributed by atoms with E-state index in [0.29, 0.717) is 17.2 Å². The van der Waals surface area contributed by atoms with Gasteiger partial charge in [-0.2, -0.15) is 0 Å². The van der Waals surface area contributed by atoms with Crippen LogP contribution in [-0.2, 0) is 6.42 Å². The van der Waals surface area contributed by atoms with Crippen LogP contribution in [0, 0.1) is 0 Å². The number of hydrogen-bond acceptors (Lipinski definition) is 3. The third-order valence-electron chi connectivity index (χ3n) is 3.72. The van der Waals surface area contributed by atoms with Gasteiger partial charge in [0.15, 0.2) is 0 Å². The number of rotatable bonds is 5. The topological polar surface area (TPSA) is 50.4 Å². The first kappa shape index (κ1) is 15.3. The van der Waals surface area contributed by atoms with Crippen LogP contribution in [0.5, 0.6) is 0 Å². The van der Waals surface area contributed by atoms with Crippen molar-refractivity contribution in [3.8, 4) is 0 Å². The minimum absolute atomic E-state index is 0.161. The van der Waals surface area contributed by atoms with Crippen LogP contribution in [0.4, 0.5) is 0 Å². The summed E-state index contributed by atoms with van der Waals surface area (Å²) in [4.78, 5) is 4.11. The number of benzene rings is 2. The second-order valence-electron chi connectivity index (χ2n) is 5.21. The van der Waals surface area contributed by atoms with Gasteiger partial charge in [-0.25, -0.2) is 4.98 Å². The monoisotopic (exact) mass is 325 g/mol. The van der Waals surface area contributed by atoms with Gasteiger partial charge in [-0.1, -0.05) is 59.2 Å². The average molecular weight is 326 g/mol. The lowest BCUT2D eigenvalue weighted by atomic mass is 9.96. The zero-order valence-corrected chi connectivity index (χ0v) is 13.1. The Balaban J connectivity index is 1.97. The molecule has 0 radical (unpaired) electrons. The van der Waals surface area contributed by atoms with Crippen molar-refractivity contribution in [1.29, 1.82) is 0 Å². The molecule has 4 nitrogen and oxygen atoms in total. The molecule has 0 aliphatic heterocycles. The van der Waals surface area contributed by atoms with E-state index in [1.807, 2.05) is 65.4 Å². The van der Waals surface area contributed by atoms with Crippen LogP contribution in [0.15, 0.2) is 78.5 Å². The minimum atomic E-state index is -0.161. The van der Waals surface area contributed by atoms with Crippen molar-refractivity contribution in [3.05, 3.63) is 89.5 Å². The Kier molecular flexibility index (Phi) is 4.74. The summed E-state index contributed by atoms with van der Waals surface area (Å²) in [5.74, 6) is 0. The van der Waals surface area contributed by atoms with E-state index in [0.717, 1.165) is 11.1 Å². The van der Waals surface area contributed by atoms with Crippen LogP contribution in [0.25, 0.3) is 0 Å². The minimum Gasteiger partial charge on any atom is -0.411 e. The van der Waals surface area contributed by atoms with Crippen LogP contribution in [0.2, 0.25) is 5.02 Å². The molecule has 0 saturated carbocycles. The fraction of sp³-hybridized carbons (Fsp3) is 0.111. The smallest absolute Gasteiger partial charge is 0.110 e. The predicted molar refractivity (Wildman–Crippen MR) is 91.2 cm³/mol. The van der Waals surface area contributed by atoms with Crippen molar-refractivity contribution in [2.45, 2.75) is 12.5 Å². The van der Waals surface area contributed by atoms with Crippen LogP contribution in [0.3, 0.4) is 0 Å². The van der Waals surface area contributed by atoms with Crippen LogP contribution in [0.1, 0.15) is 17.2 Å². The third kappa shape index (κ3) is 3.60. The Morgan fingerprint density at radius 2 is 1.87 bits per heavy atom. The van der Waals surface area contributed by atoms with Gasteiger partial charge in [-0.15, -0.1) is 0 Å². The summed E-state index contributed by atoms with van der Waals surface area (Å²) in [5.41, 5.74) is 2.58. The summed E-state index contributed by atoms with van der Waals surface area (Å²) in [7, 11) is 0. The van der Waals surface area contributed by atoms with E-state index in [-0.39, 0.29) is 6.04 Å². The molecule has 1 heterocycles. The quantitative estimate of drug-likeness (QED) is 0.434. The molecule has 1 unspecified atom stereocenters. The molecule has 0 aliphatic rings. The highest BCUT2D eigenvalue weighted by molar-refractivity contribution is 6.30. The Labute approximate surface area is 139 Å². The van der Waals surface area contributed by atoms with Crippen molar-refractivity contribution in [3.63, 3.8) is 0 Å². The molecule has 3 rings (SSSR count). The molecule has 1 aromatic heterocycles. The van der Waals surface area contributed by atoms with Gasteiger partial charge in [0.1, 0.15) is 5.71 Å². The largest absolute Gasteiger partial charge is 0.411 e. The fourth-order valence-electron chi connectivity index (χ4n) is 2.57. The summed E-state index contributed by atoms with van der Waals surface area (Å²) >= 11 is 5.95. The fourth-order valence-corrected chi connectivity index (χ4v) is 2.69. The van der Waals surface area contributed by atoms with E-state index in [1.54, 1.807) is 12.5 Å². The van der Waals surface area contributed by atoms with Crippen molar-refractivity contribution < 1.29 is 5.21 Å². The van der Waals surface area contributed by atoms with Gasteiger partial charge >= 0.3 is 0 Å². The number of imidazole rings is 1. The van der Waals surface area contributed by atoms with Crippen LogP contribution in [-0.4, -0.2) is 20.5 Å².